The highest BCUT2D eigenvalue weighted by atomic mass is 16.5. The molecule has 4 nitrogen and oxygen atoms in total. The average Bonchev–Trinajstić information content (AvgIpc) is 2.20. The molecule has 0 aliphatic heterocycles. The maximum Gasteiger partial charge on any atom is 0.330 e. The molecule has 0 amide bonds. The summed E-state index contributed by atoms with van der Waals surface area (Å²) in [7, 11) is 0. The number of aliphatic hydroxyl groups is 1. The van der Waals surface area contributed by atoms with Gasteiger partial charge in [-0.05, 0) is 13.3 Å². The van der Waals surface area contributed by atoms with Crippen LogP contribution in [0, 0.1) is 0 Å². The van der Waals surface area contributed by atoms with Gasteiger partial charge in [-0.25, -0.2) is 4.79 Å². The van der Waals surface area contributed by atoms with Gasteiger partial charge in [-0.2, -0.15) is 0 Å². The van der Waals surface area contributed by atoms with Crippen LogP contribution in [0.25, 0.3) is 0 Å². The highest BCUT2D eigenvalue weighted by Crippen LogP contribution is 1.96. The highest BCUT2D eigenvalue weighted by Gasteiger charge is 1.86. The largest absolute Gasteiger partial charge is 0.463 e. The molecule has 0 aromatic heterocycles. The zero-order valence-electron chi connectivity index (χ0n) is 9.79. The first-order chi connectivity index (χ1) is 6.72. The van der Waals surface area contributed by atoms with E-state index in [9.17, 15) is 4.79 Å². The lowest BCUT2D eigenvalue weighted by molar-refractivity contribution is -0.137. The van der Waals surface area contributed by atoms with Crippen molar-refractivity contribution in [3.8, 4) is 0 Å². The van der Waals surface area contributed by atoms with Gasteiger partial charge in [-0.15, -0.1) is 0 Å². The van der Waals surface area contributed by atoms with Gasteiger partial charge in [0, 0.05) is 12.7 Å². The third kappa shape index (κ3) is 24.6. The molecule has 0 atom stereocenters. The molecule has 0 radical (unpaired) electrons. The summed E-state index contributed by atoms with van der Waals surface area (Å²) in [5.74, 6) is -0.359. The van der Waals surface area contributed by atoms with Crippen LogP contribution in [-0.2, 0) is 9.53 Å². The molecule has 0 saturated carbocycles. The Balaban J connectivity index is -0.000000180. The molecule has 0 heterocycles. The van der Waals surface area contributed by atoms with E-state index in [0.717, 1.165) is 12.5 Å². The molecular weight excluding hydrogens is 196 g/mol. The molecule has 0 bridgehead atoms. The Bertz CT molecular complexity index is 131. The van der Waals surface area contributed by atoms with Crippen LogP contribution in [0.4, 0.5) is 0 Å². The number of unbranched alkanes of at least 4 members (excludes halogenated alkanes) is 3. The average molecular weight is 220 g/mol. The molecule has 0 aromatic rings. The van der Waals surface area contributed by atoms with Gasteiger partial charge >= 0.3 is 5.97 Å². The molecular formula is C11H24O4. The zero-order valence-corrected chi connectivity index (χ0v) is 9.79. The lowest BCUT2D eigenvalue weighted by Gasteiger charge is -1.90. The topological polar surface area (TPSA) is 78.0 Å². The monoisotopic (exact) mass is 220 g/mol. The van der Waals surface area contributed by atoms with E-state index in [2.05, 4.69) is 18.2 Å². The van der Waals surface area contributed by atoms with Crippen LogP contribution in [0.1, 0.15) is 39.5 Å². The van der Waals surface area contributed by atoms with Crippen LogP contribution in [0.3, 0.4) is 0 Å². The minimum absolute atomic E-state index is 0. The van der Waals surface area contributed by atoms with Gasteiger partial charge in [0.05, 0.1) is 6.61 Å². The van der Waals surface area contributed by atoms with Crippen molar-refractivity contribution in [2.24, 2.45) is 0 Å². The fourth-order valence-corrected chi connectivity index (χ4v) is 0.740. The van der Waals surface area contributed by atoms with Crippen molar-refractivity contribution in [3.63, 3.8) is 0 Å². The number of ether oxygens (including phenoxy) is 1. The van der Waals surface area contributed by atoms with Crippen LogP contribution < -0.4 is 0 Å². The summed E-state index contributed by atoms with van der Waals surface area (Å²) in [5, 5.41) is 8.29. The first-order valence-corrected chi connectivity index (χ1v) is 5.12. The van der Waals surface area contributed by atoms with Crippen molar-refractivity contribution >= 4 is 5.97 Å². The Hall–Kier alpha value is -0.870. The van der Waals surface area contributed by atoms with E-state index in [4.69, 9.17) is 5.11 Å². The van der Waals surface area contributed by atoms with Crippen molar-refractivity contribution in [1.29, 1.82) is 0 Å². The van der Waals surface area contributed by atoms with Crippen molar-refractivity contribution in [2.45, 2.75) is 39.5 Å². The van der Waals surface area contributed by atoms with E-state index >= 15 is 0 Å². The van der Waals surface area contributed by atoms with Crippen molar-refractivity contribution < 1.29 is 20.1 Å². The van der Waals surface area contributed by atoms with Crippen LogP contribution in [-0.4, -0.2) is 29.8 Å². The second-order valence-corrected chi connectivity index (χ2v) is 2.74. The van der Waals surface area contributed by atoms with Crippen LogP contribution in [0.2, 0.25) is 0 Å². The van der Waals surface area contributed by atoms with Gasteiger partial charge in [0.1, 0.15) is 0 Å². The number of esters is 1. The van der Waals surface area contributed by atoms with E-state index in [1.54, 1.807) is 6.92 Å². The molecule has 3 N–H and O–H groups in total. The fraction of sp³-hybridized carbons (Fsp3) is 0.727. The smallest absolute Gasteiger partial charge is 0.330 e. The molecule has 15 heavy (non-hydrogen) atoms. The maximum atomic E-state index is 10.1. The Morgan fingerprint density at radius 2 is 1.93 bits per heavy atom. The van der Waals surface area contributed by atoms with Crippen molar-refractivity contribution in [2.75, 3.05) is 13.2 Å². The summed E-state index contributed by atoms with van der Waals surface area (Å²) in [5.41, 5.74) is 0. The summed E-state index contributed by atoms with van der Waals surface area (Å²) in [6.45, 7) is 7.90. The summed E-state index contributed by atoms with van der Waals surface area (Å²) in [6, 6.07) is 0. The Morgan fingerprint density at radius 3 is 2.20 bits per heavy atom. The molecule has 0 aliphatic carbocycles. The molecule has 0 aromatic carbocycles. The van der Waals surface area contributed by atoms with Gasteiger partial charge in [0.2, 0.25) is 0 Å². The SMILES string of the molecule is C=CC(=O)OCC.CCCCCCO.O. The third-order valence-corrected chi connectivity index (χ3v) is 1.46. The minimum atomic E-state index is -0.359. The third-order valence-electron chi connectivity index (χ3n) is 1.46. The molecule has 0 rings (SSSR count). The fourth-order valence-electron chi connectivity index (χ4n) is 0.740. The predicted octanol–water partition coefficient (Wildman–Crippen LogP) is 1.47. The number of aliphatic hydroxyl groups excluding tert-OH is 1. The van der Waals surface area contributed by atoms with E-state index in [1.807, 2.05) is 0 Å². The normalized spacial score (nSPS) is 7.93. The zero-order chi connectivity index (χ0) is 11.2. The maximum absolute atomic E-state index is 10.1. The Morgan fingerprint density at radius 1 is 1.33 bits per heavy atom. The quantitative estimate of drug-likeness (QED) is 0.418. The highest BCUT2D eigenvalue weighted by molar-refractivity contribution is 5.81. The van der Waals surface area contributed by atoms with Gasteiger partial charge in [-0.3, -0.25) is 0 Å². The van der Waals surface area contributed by atoms with Crippen LogP contribution in [0.5, 0.6) is 0 Å². The molecule has 0 spiro atoms. The lowest BCUT2D eigenvalue weighted by atomic mass is 10.2. The van der Waals surface area contributed by atoms with Crippen LogP contribution in [0.15, 0.2) is 12.7 Å². The molecule has 0 saturated heterocycles. The van der Waals surface area contributed by atoms with E-state index < -0.39 is 0 Å². The van der Waals surface area contributed by atoms with Gasteiger partial charge in [-0.1, -0.05) is 32.8 Å². The second-order valence-electron chi connectivity index (χ2n) is 2.74. The van der Waals surface area contributed by atoms with Crippen LogP contribution >= 0.6 is 0 Å². The van der Waals surface area contributed by atoms with Crippen molar-refractivity contribution in [1.82, 2.24) is 0 Å². The molecule has 0 aliphatic rings. The summed E-state index contributed by atoms with van der Waals surface area (Å²) < 4.78 is 4.43. The standard InChI is InChI=1S/C6H14O.C5H8O2.H2O/c1-2-3-4-5-6-7;1-3-5(6)7-4-2;/h7H,2-6H2,1H3;3H,1,4H2,2H3;1H2. The van der Waals surface area contributed by atoms with Gasteiger partial charge < -0.3 is 15.3 Å². The van der Waals surface area contributed by atoms with E-state index in [1.165, 1.54) is 19.3 Å². The molecule has 4 heteroatoms. The summed E-state index contributed by atoms with van der Waals surface area (Å²) in [4.78, 5) is 10.1. The number of hydrogen-bond donors (Lipinski definition) is 1. The van der Waals surface area contributed by atoms with E-state index in [-0.39, 0.29) is 11.4 Å². The number of hydrogen-bond acceptors (Lipinski definition) is 3. The number of carbonyl (C=O) groups excluding carboxylic acids is 1. The van der Waals surface area contributed by atoms with Gasteiger partial charge in [0.15, 0.2) is 0 Å². The number of rotatable bonds is 6. The Labute approximate surface area is 92.3 Å². The number of carbonyl (C=O) groups is 1. The van der Waals surface area contributed by atoms with Gasteiger partial charge in [0.25, 0.3) is 0 Å². The molecule has 0 fully saturated rings. The second kappa shape index (κ2) is 18.8. The molecule has 0 unspecified atom stereocenters. The Kier molecular flexibility index (Phi) is 24.7. The predicted molar refractivity (Wildman–Crippen MR) is 61.7 cm³/mol. The first kappa shape index (κ1) is 19.7. The lowest BCUT2D eigenvalue weighted by Crippen LogP contribution is -1.97. The van der Waals surface area contributed by atoms with E-state index in [0.29, 0.717) is 13.2 Å². The summed E-state index contributed by atoms with van der Waals surface area (Å²) in [6.07, 6.45) is 5.82. The molecule has 92 valence electrons. The summed E-state index contributed by atoms with van der Waals surface area (Å²) >= 11 is 0. The first-order valence-electron chi connectivity index (χ1n) is 5.12. The minimum Gasteiger partial charge on any atom is -0.463 e. The van der Waals surface area contributed by atoms with Crippen molar-refractivity contribution in [3.05, 3.63) is 12.7 Å².